The number of anilines is 4. The van der Waals surface area contributed by atoms with E-state index in [4.69, 9.17) is 0 Å². The van der Waals surface area contributed by atoms with E-state index in [2.05, 4.69) is 23.6 Å². The molecule has 1 atom stereocenters. The highest BCUT2D eigenvalue weighted by molar-refractivity contribution is 6.05. The summed E-state index contributed by atoms with van der Waals surface area (Å²) >= 11 is 0. The Hall–Kier alpha value is -3.60. The summed E-state index contributed by atoms with van der Waals surface area (Å²) in [6.07, 6.45) is 1.06. The summed E-state index contributed by atoms with van der Waals surface area (Å²) in [6.45, 7) is 6.55. The summed E-state index contributed by atoms with van der Waals surface area (Å²) in [6, 6.07) is 21.8. The van der Waals surface area contributed by atoms with Gasteiger partial charge in [-0.05, 0) is 55.7 Å². The molecule has 3 aromatic rings. The Morgan fingerprint density at radius 3 is 2.41 bits per heavy atom. The average molecular weight is 428 g/mol. The molecular weight excluding hydrogens is 398 g/mol. The van der Waals surface area contributed by atoms with Crippen LogP contribution in [-0.2, 0) is 16.0 Å². The summed E-state index contributed by atoms with van der Waals surface area (Å²) in [5.74, 6) is -0.523. The summed E-state index contributed by atoms with van der Waals surface area (Å²) in [4.78, 5) is 27.7. The first kappa shape index (κ1) is 21.6. The van der Waals surface area contributed by atoms with Crippen LogP contribution in [0.2, 0.25) is 0 Å². The molecule has 32 heavy (non-hydrogen) atoms. The number of nitrogens with one attached hydrogen (secondary N) is 2. The number of carbonyl (C=O) groups is 2. The Kier molecular flexibility index (Phi) is 6.26. The number of benzene rings is 3. The van der Waals surface area contributed by atoms with Gasteiger partial charge < -0.3 is 15.5 Å². The Morgan fingerprint density at radius 1 is 0.969 bits per heavy atom. The molecule has 1 heterocycles. The number of aryl methyl sites for hydroxylation is 3. The normalized spacial score (nSPS) is 15.7. The summed E-state index contributed by atoms with van der Waals surface area (Å²) in [5.41, 5.74) is 6.81. The van der Waals surface area contributed by atoms with E-state index in [1.165, 1.54) is 5.56 Å². The molecule has 5 nitrogen and oxygen atoms in total. The fraction of sp³-hybridized carbons (Fsp3) is 0.259. The molecule has 0 bridgehead atoms. The Balaban J connectivity index is 1.50. The largest absolute Gasteiger partial charge is 0.354 e. The minimum atomic E-state index is -0.390. The van der Waals surface area contributed by atoms with Crippen LogP contribution in [0.5, 0.6) is 0 Å². The van der Waals surface area contributed by atoms with Crippen LogP contribution >= 0.6 is 0 Å². The third-order valence-electron chi connectivity index (χ3n) is 5.98. The van der Waals surface area contributed by atoms with Gasteiger partial charge in [-0.1, -0.05) is 55.0 Å². The molecule has 1 fully saturated rings. The van der Waals surface area contributed by atoms with E-state index >= 15 is 0 Å². The molecule has 1 saturated heterocycles. The Labute approximate surface area is 189 Å². The summed E-state index contributed by atoms with van der Waals surface area (Å²) < 4.78 is 0. The molecule has 0 radical (unpaired) electrons. The molecule has 0 aliphatic carbocycles. The van der Waals surface area contributed by atoms with Crippen LogP contribution in [-0.4, -0.2) is 18.4 Å². The monoisotopic (exact) mass is 427 g/mol. The molecule has 2 N–H and O–H groups in total. The second kappa shape index (κ2) is 9.27. The van der Waals surface area contributed by atoms with Crippen molar-refractivity contribution >= 4 is 34.6 Å². The number of nitrogens with zero attached hydrogens (tertiary/aromatic N) is 1. The molecule has 0 saturated carbocycles. The molecule has 1 aliphatic rings. The van der Waals surface area contributed by atoms with Crippen molar-refractivity contribution in [3.8, 4) is 0 Å². The van der Waals surface area contributed by atoms with Crippen molar-refractivity contribution in [1.29, 1.82) is 0 Å². The predicted octanol–water partition coefficient (Wildman–Crippen LogP) is 5.60. The van der Waals surface area contributed by atoms with E-state index in [1.54, 1.807) is 4.90 Å². The number of amides is 2. The van der Waals surface area contributed by atoms with Gasteiger partial charge in [0, 0.05) is 24.3 Å². The maximum absolute atomic E-state index is 13.1. The molecule has 1 aliphatic heterocycles. The van der Waals surface area contributed by atoms with Crippen molar-refractivity contribution in [1.82, 2.24) is 0 Å². The van der Waals surface area contributed by atoms with Crippen molar-refractivity contribution in [2.75, 3.05) is 22.1 Å². The van der Waals surface area contributed by atoms with E-state index < -0.39 is 0 Å². The molecule has 0 aromatic heterocycles. The quantitative estimate of drug-likeness (QED) is 0.538. The van der Waals surface area contributed by atoms with Crippen molar-refractivity contribution in [2.24, 2.45) is 5.92 Å². The summed E-state index contributed by atoms with van der Waals surface area (Å²) in [7, 11) is 0. The highest BCUT2D eigenvalue weighted by Crippen LogP contribution is 2.33. The lowest BCUT2D eigenvalue weighted by atomic mass is 10.0. The van der Waals surface area contributed by atoms with Crippen molar-refractivity contribution in [2.45, 2.75) is 33.6 Å². The van der Waals surface area contributed by atoms with Crippen LogP contribution in [0.3, 0.4) is 0 Å². The predicted molar refractivity (Wildman–Crippen MR) is 131 cm³/mol. The first-order valence-electron chi connectivity index (χ1n) is 11.1. The average Bonchev–Trinajstić information content (AvgIpc) is 3.17. The molecule has 4 rings (SSSR count). The topological polar surface area (TPSA) is 61.4 Å². The molecule has 1 unspecified atom stereocenters. The molecule has 0 spiro atoms. The third-order valence-corrected chi connectivity index (χ3v) is 5.98. The lowest BCUT2D eigenvalue weighted by molar-refractivity contribution is -0.122. The van der Waals surface area contributed by atoms with Crippen LogP contribution in [0.25, 0.3) is 0 Å². The lowest BCUT2D eigenvalue weighted by Crippen LogP contribution is -2.29. The molecule has 5 heteroatoms. The van der Waals surface area contributed by atoms with Gasteiger partial charge in [-0.3, -0.25) is 9.59 Å². The van der Waals surface area contributed by atoms with Crippen molar-refractivity contribution in [3.63, 3.8) is 0 Å². The standard InChI is InChI=1S/C27H29N3O2/c1-4-20-9-7-8-19(3)26(20)30-17-21(16-25(30)31)27(32)29-24-11-6-5-10-23(24)28-22-14-12-18(2)13-15-22/h5-15,21,28H,4,16-17H2,1-3H3,(H,29,32). The van der Waals surface area contributed by atoms with Crippen molar-refractivity contribution < 1.29 is 9.59 Å². The molecule has 2 amide bonds. The van der Waals surface area contributed by atoms with Gasteiger partial charge in [-0.15, -0.1) is 0 Å². The van der Waals surface area contributed by atoms with E-state index in [-0.39, 0.29) is 24.2 Å². The van der Waals surface area contributed by atoms with Gasteiger partial charge in [0.25, 0.3) is 0 Å². The van der Waals surface area contributed by atoms with Crippen LogP contribution in [0.4, 0.5) is 22.7 Å². The van der Waals surface area contributed by atoms with Gasteiger partial charge in [0.15, 0.2) is 0 Å². The highest BCUT2D eigenvalue weighted by atomic mass is 16.2. The fourth-order valence-corrected chi connectivity index (χ4v) is 4.22. The minimum absolute atomic E-state index is 0.000200. The van der Waals surface area contributed by atoms with E-state index in [0.29, 0.717) is 12.2 Å². The van der Waals surface area contributed by atoms with Gasteiger partial charge in [0.2, 0.25) is 11.8 Å². The Morgan fingerprint density at radius 2 is 1.69 bits per heavy atom. The molecule has 3 aromatic carbocycles. The van der Waals surface area contributed by atoms with Crippen LogP contribution < -0.4 is 15.5 Å². The Bertz CT molecular complexity index is 1140. The van der Waals surface area contributed by atoms with Gasteiger partial charge in [0.05, 0.1) is 17.3 Å². The second-order valence-electron chi connectivity index (χ2n) is 8.37. The van der Waals surface area contributed by atoms with Gasteiger partial charge >= 0.3 is 0 Å². The number of rotatable bonds is 6. The van der Waals surface area contributed by atoms with Crippen molar-refractivity contribution in [3.05, 3.63) is 83.4 Å². The van der Waals surface area contributed by atoms with E-state index in [1.807, 2.05) is 74.5 Å². The zero-order chi connectivity index (χ0) is 22.7. The zero-order valence-electron chi connectivity index (χ0n) is 18.8. The maximum Gasteiger partial charge on any atom is 0.229 e. The molecular formula is C27H29N3O2. The van der Waals surface area contributed by atoms with Crippen LogP contribution in [0, 0.1) is 19.8 Å². The van der Waals surface area contributed by atoms with E-state index in [0.717, 1.165) is 34.6 Å². The first-order valence-corrected chi connectivity index (χ1v) is 11.1. The first-order chi connectivity index (χ1) is 15.5. The van der Waals surface area contributed by atoms with Gasteiger partial charge in [-0.2, -0.15) is 0 Å². The summed E-state index contributed by atoms with van der Waals surface area (Å²) in [5, 5.41) is 6.41. The van der Waals surface area contributed by atoms with Crippen LogP contribution in [0.1, 0.15) is 30.0 Å². The number of carbonyl (C=O) groups excluding carboxylic acids is 2. The third kappa shape index (κ3) is 4.52. The number of para-hydroxylation sites is 3. The molecule has 164 valence electrons. The van der Waals surface area contributed by atoms with E-state index in [9.17, 15) is 9.59 Å². The van der Waals surface area contributed by atoms with Gasteiger partial charge in [0.1, 0.15) is 0 Å². The SMILES string of the molecule is CCc1cccc(C)c1N1CC(C(=O)Nc2ccccc2Nc2ccc(C)cc2)CC1=O. The minimum Gasteiger partial charge on any atom is -0.354 e. The second-order valence-corrected chi connectivity index (χ2v) is 8.37. The number of hydrogen-bond acceptors (Lipinski definition) is 3. The maximum atomic E-state index is 13.1. The fourth-order valence-electron chi connectivity index (χ4n) is 4.22. The smallest absolute Gasteiger partial charge is 0.229 e. The highest BCUT2D eigenvalue weighted by Gasteiger charge is 2.36. The van der Waals surface area contributed by atoms with Crippen LogP contribution in [0.15, 0.2) is 66.7 Å². The lowest BCUT2D eigenvalue weighted by Gasteiger charge is -2.22. The zero-order valence-corrected chi connectivity index (χ0v) is 18.8. The number of hydrogen-bond donors (Lipinski definition) is 2. The van der Waals surface area contributed by atoms with Gasteiger partial charge in [-0.25, -0.2) is 0 Å².